The lowest BCUT2D eigenvalue weighted by Gasteiger charge is -2.05. The number of aromatic nitrogens is 3. The Labute approximate surface area is 121 Å². The van der Waals surface area contributed by atoms with Gasteiger partial charge in [-0.3, -0.25) is 4.79 Å². The SMILES string of the molecule is NCCCc1cn(CC(=O)Nc2cccc(Cl)c2)nn1. The minimum absolute atomic E-state index is 0.113. The Balaban J connectivity index is 1.89. The third-order valence-electron chi connectivity index (χ3n) is 2.64. The summed E-state index contributed by atoms with van der Waals surface area (Å²) in [4.78, 5) is 11.9. The van der Waals surface area contributed by atoms with Gasteiger partial charge < -0.3 is 11.1 Å². The number of carbonyl (C=O) groups is 1. The van der Waals surface area contributed by atoms with E-state index in [1.807, 2.05) is 0 Å². The third kappa shape index (κ3) is 4.32. The quantitative estimate of drug-likeness (QED) is 0.844. The van der Waals surface area contributed by atoms with Gasteiger partial charge in [0, 0.05) is 16.9 Å². The summed E-state index contributed by atoms with van der Waals surface area (Å²) in [5.41, 5.74) is 6.93. The molecule has 106 valence electrons. The molecule has 1 heterocycles. The van der Waals surface area contributed by atoms with Crippen molar-refractivity contribution >= 4 is 23.2 Å². The molecular weight excluding hydrogens is 278 g/mol. The predicted molar refractivity (Wildman–Crippen MR) is 77.5 cm³/mol. The second-order valence-electron chi connectivity index (χ2n) is 4.36. The zero-order valence-corrected chi connectivity index (χ0v) is 11.7. The fourth-order valence-electron chi connectivity index (χ4n) is 1.73. The molecule has 6 nitrogen and oxygen atoms in total. The van der Waals surface area contributed by atoms with Crippen LogP contribution in [0.4, 0.5) is 5.69 Å². The first-order chi connectivity index (χ1) is 9.67. The van der Waals surface area contributed by atoms with Gasteiger partial charge in [-0.1, -0.05) is 22.9 Å². The fourth-order valence-corrected chi connectivity index (χ4v) is 1.92. The van der Waals surface area contributed by atoms with Gasteiger partial charge in [0.1, 0.15) is 6.54 Å². The molecule has 2 rings (SSSR count). The Kier molecular flexibility index (Phi) is 5.09. The summed E-state index contributed by atoms with van der Waals surface area (Å²) in [6.45, 7) is 0.726. The van der Waals surface area contributed by atoms with Crippen LogP contribution in [-0.4, -0.2) is 27.4 Å². The van der Waals surface area contributed by atoms with Gasteiger partial charge in [0.05, 0.1) is 5.69 Å². The van der Waals surface area contributed by atoms with Crippen LogP contribution < -0.4 is 11.1 Å². The van der Waals surface area contributed by atoms with Crippen LogP contribution in [-0.2, 0) is 17.8 Å². The number of nitrogens with one attached hydrogen (secondary N) is 1. The molecule has 0 saturated carbocycles. The van der Waals surface area contributed by atoms with Crippen molar-refractivity contribution in [3.05, 3.63) is 41.2 Å². The minimum Gasteiger partial charge on any atom is -0.330 e. The molecule has 3 N–H and O–H groups in total. The molecular formula is C13H16ClN5O. The van der Waals surface area contributed by atoms with Crippen molar-refractivity contribution < 1.29 is 4.79 Å². The molecule has 0 unspecified atom stereocenters. The number of hydrogen-bond donors (Lipinski definition) is 2. The van der Waals surface area contributed by atoms with E-state index < -0.39 is 0 Å². The number of aryl methyl sites for hydroxylation is 1. The number of halogens is 1. The molecule has 20 heavy (non-hydrogen) atoms. The third-order valence-corrected chi connectivity index (χ3v) is 2.87. The largest absolute Gasteiger partial charge is 0.330 e. The van der Waals surface area contributed by atoms with Crippen LogP contribution in [0.1, 0.15) is 12.1 Å². The highest BCUT2D eigenvalue weighted by Gasteiger charge is 2.06. The highest BCUT2D eigenvalue weighted by atomic mass is 35.5. The molecule has 0 aliphatic carbocycles. The second kappa shape index (κ2) is 7.02. The second-order valence-corrected chi connectivity index (χ2v) is 4.79. The maximum absolute atomic E-state index is 11.9. The lowest BCUT2D eigenvalue weighted by atomic mass is 10.2. The summed E-state index contributed by atoms with van der Waals surface area (Å²) in [6, 6.07) is 6.99. The first-order valence-electron chi connectivity index (χ1n) is 6.32. The van der Waals surface area contributed by atoms with Gasteiger partial charge in [0.25, 0.3) is 0 Å². The number of hydrogen-bond acceptors (Lipinski definition) is 4. The summed E-state index contributed by atoms with van der Waals surface area (Å²) in [6.07, 6.45) is 3.38. The van der Waals surface area contributed by atoms with Crippen LogP contribution in [0.5, 0.6) is 0 Å². The molecule has 0 radical (unpaired) electrons. The summed E-state index contributed by atoms with van der Waals surface area (Å²) < 4.78 is 1.51. The van der Waals surface area contributed by atoms with E-state index in [1.54, 1.807) is 30.5 Å². The van der Waals surface area contributed by atoms with Crippen molar-refractivity contribution in [1.29, 1.82) is 0 Å². The van der Waals surface area contributed by atoms with E-state index >= 15 is 0 Å². The number of anilines is 1. The Morgan fingerprint density at radius 3 is 3.05 bits per heavy atom. The molecule has 2 aromatic rings. The molecule has 0 fully saturated rings. The van der Waals surface area contributed by atoms with E-state index in [1.165, 1.54) is 4.68 Å². The number of amides is 1. The topological polar surface area (TPSA) is 85.8 Å². The van der Waals surface area contributed by atoms with Crippen LogP contribution in [0.15, 0.2) is 30.5 Å². The van der Waals surface area contributed by atoms with E-state index in [2.05, 4.69) is 15.6 Å². The van der Waals surface area contributed by atoms with E-state index in [0.717, 1.165) is 18.5 Å². The van der Waals surface area contributed by atoms with Crippen LogP contribution in [0.3, 0.4) is 0 Å². The minimum atomic E-state index is -0.178. The van der Waals surface area contributed by atoms with Crippen molar-refractivity contribution in [1.82, 2.24) is 15.0 Å². The molecule has 0 saturated heterocycles. The zero-order chi connectivity index (χ0) is 14.4. The Bertz CT molecular complexity index is 584. The monoisotopic (exact) mass is 293 g/mol. The van der Waals surface area contributed by atoms with Crippen molar-refractivity contribution in [2.24, 2.45) is 5.73 Å². The number of nitrogens with two attached hydrogens (primary N) is 1. The van der Waals surface area contributed by atoms with Crippen molar-refractivity contribution in [3.8, 4) is 0 Å². The number of benzene rings is 1. The number of rotatable bonds is 6. The van der Waals surface area contributed by atoms with E-state index in [9.17, 15) is 4.79 Å². The fraction of sp³-hybridized carbons (Fsp3) is 0.308. The van der Waals surface area contributed by atoms with Gasteiger partial charge in [-0.15, -0.1) is 5.10 Å². The van der Waals surface area contributed by atoms with Gasteiger partial charge in [-0.2, -0.15) is 0 Å². The Morgan fingerprint density at radius 2 is 2.30 bits per heavy atom. The van der Waals surface area contributed by atoms with E-state index in [0.29, 0.717) is 17.3 Å². The highest BCUT2D eigenvalue weighted by molar-refractivity contribution is 6.30. The first-order valence-corrected chi connectivity index (χ1v) is 6.69. The molecule has 0 atom stereocenters. The predicted octanol–water partition coefficient (Wildman–Crippen LogP) is 1.46. The summed E-state index contributed by atoms with van der Waals surface area (Å²) in [5.74, 6) is -0.178. The van der Waals surface area contributed by atoms with Gasteiger partial charge in [-0.05, 0) is 37.6 Å². The van der Waals surface area contributed by atoms with Gasteiger partial charge in [0.2, 0.25) is 5.91 Å². The average molecular weight is 294 g/mol. The normalized spacial score (nSPS) is 10.5. The van der Waals surface area contributed by atoms with Crippen LogP contribution >= 0.6 is 11.6 Å². The highest BCUT2D eigenvalue weighted by Crippen LogP contribution is 2.14. The summed E-state index contributed by atoms with van der Waals surface area (Å²) in [5, 5.41) is 11.2. The number of nitrogens with zero attached hydrogens (tertiary/aromatic N) is 3. The molecule has 1 aromatic carbocycles. The Hall–Kier alpha value is -1.92. The molecule has 0 spiro atoms. The lowest BCUT2D eigenvalue weighted by Crippen LogP contribution is -2.19. The molecule has 1 amide bonds. The van der Waals surface area contributed by atoms with E-state index in [-0.39, 0.29) is 12.5 Å². The van der Waals surface area contributed by atoms with Gasteiger partial charge in [0.15, 0.2) is 0 Å². The van der Waals surface area contributed by atoms with E-state index in [4.69, 9.17) is 17.3 Å². The Morgan fingerprint density at radius 1 is 1.45 bits per heavy atom. The van der Waals surface area contributed by atoms with Gasteiger partial charge >= 0.3 is 0 Å². The van der Waals surface area contributed by atoms with Crippen molar-refractivity contribution in [2.75, 3.05) is 11.9 Å². The zero-order valence-electron chi connectivity index (χ0n) is 10.9. The molecule has 0 aliphatic rings. The molecule has 7 heteroatoms. The van der Waals surface area contributed by atoms with Crippen LogP contribution in [0.2, 0.25) is 5.02 Å². The maximum atomic E-state index is 11.9. The van der Waals surface area contributed by atoms with Crippen molar-refractivity contribution in [2.45, 2.75) is 19.4 Å². The molecule has 0 bridgehead atoms. The lowest BCUT2D eigenvalue weighted by molar-refractivity contribution is -0.116. The van der Waals surface area contributed by atoms with Gasteiger partial charge in [-0.25, -0.2) is 4.68 Å². The van der Waals surface area contributed by atoms with Crippen LogP contribution in [0.25, 0.3) is 0 Å². The summed E-state index contributed by atoms with van der Waals surface area (Å²) >= 11 is 5.85. The maximum Gasteiger partial charge on any atom is 0.246 e. The van der Waals surface area contributed by atoms with Crippen molar-refractivity contribution in [3.63, 3.8) is 0 Å². The van der Waals surface area contributed by atoms with Crippen LogP contribution in [0, 0.1) is 0 Å². The molecule has 0 aliphatic heterocycles. The number of carbonyl (C=O) groups excluding carboxylic acids is 1. The summed E-state index contributed by atoms with van der Waals surface area (Å²) in [7, 11) is 0. The first kappa shape index (κ1) is 14.5. The molecule has 1 aromatic heterocycles. The smallest absolute Gasteiger partial charge is 0.246 e. The average Bonchev–Trinajstić information content (AvgIpc) is 2.83. The standard InChI is InChI=1S/C13H16ClN5O/c14-10-3-1-4-11(7-10)16-13(20)9-19-8-12(17-18-19)5-2-6-15/h1,3-4,7-8H,2,5-6,9,15H2,(H,16,20).